The lowest BCUT2D eigenvalue weighted by atomic mass is 10.3. The Bertz CT molecular complexity index is 731. The first kappa shape index (κ1) is 18.1. The number of aromatic hydroxyl groups is 1. The molecule has 0 fully saturated rings. The zero-order valence-electron chi connectivity index (χ0n) is 12.1. The summed E-state index contributed by atoms with van der Waals surface area (Å²) in [7, 11) is -1.60. The molecule has 0 aliphatic rings. The number of nitrogens with one attached hydrogen (secondary N) is 1. The topological polar surface area (TPSA) is 101 Å². The number of benzene rings is 1. The summed E-state index contributed by atoms with van der Waals surface area (Å²) >= 11 is 0. The van der Waals surface area contributed by atoms with Gasteiger partial charge in [-0.2, -0.15) is 0 Å². The molecule has 0 amide bonds. The standard InChI is InChI=1S/C13H18N4O3S.ClH/c1-16-6-7-17(10-16)5-2-8-21(19,20)15-12-4-3-11(14)9-13(12)18;/h3-4,6-7,9-10,15H,2,5,8,14H2,1H3;1H. The highest BCUT2D eigenvalue weighted by Crippen LogP contribution is 2.26. The zero-order chi connectivity index (χ0) is 15.5. The van der Waals surface area contributed by atoms with Crippen molar-refractivity contribution in [2.75, 3.05) is 16.2 Å². The van der Waals surface area contributed by atoms with Gasteiger partial charge in [0.1, 0.15) is 18.1 Å². The van der Waals surface area contributed by atoms with Crippen molar-refractivity contribution in [3.8, 4) is 5.75 Å². The number of hydrogen-bond acceptors (Lipinski definition) is 4. The van der Waals surface area contributed by atoms with E-state index in [1.54, 1.807) is 0 Å². The van der Waals surface area contributed by atoms with E-state index in [1.807, 2.05) is 34.9 Å². The van der Waals surface area contributed by atoms with Crippen LogP contribution in [0.25, 0.3) is 0 Å². The molecule has 0 radical (unpaired) electrons. The number of aromatic nitrogens is 2. The molecule has 0 atom stereocenters. The molecule has 0 aliphatic heterocycles. The molecule has 1 aromatic heterocycles. The quantitative estimate of drug-likeness (QED) is 0.304. The van der Waals surface area contributed by atoms with Gasteiger partial charge >= 0.3 is 0 Å². The van der Waals surface area contributed by atoms with Crippen molar-refractivity contribution in [3.63, 3.8) is 0 Å². The van der Waals surface area contributed by atoms with Gasteiger partial charge in [0.2, 0.25) is 16.4 Å². The third-order valence-corrected chi connectivity index (χ3v) is 4.30. The molecule has 0 saturated heterocycles. The van der Waals surface area contributed by atoms with Gasteiger partial charge in [-0.15, -0.1) is 0 Å². The van der Waals surface area contributed by atoms with Crippen molar-refractivity contribution in [2.45, 2.75) is 13.0 Å². The summed E-state index contributed by atoms with van der Waals surface area (Å²) in [5.41, 5.74) is 6.00. The number of anilines is 2. The third-order valence-electron chi connectivity index (χ3n) is 2.94. The number of phenolic OH excluding ortho intramolecular Hbond substituents is 1. The summed E-state index contributed by atoms with van der Waals surface area (Å²) in [6.45, 7) is 0.607. The molecule has 9 heteroatoms. The minimum atomic E-state index is -3.50. The fourth-order valence-corrected chi connectivity index (χ4v) is 3.04. The number of halogens is 1. The average molecular weight is 347 g/mol. The average Bonchev–Trinajstić information content (AvgIpc) is 2.78. The Balaban J connectivity index is 0.00000242. The molecular weight excluding hydrogens is 328 g/mol. The number of hydrogen-bond donors (Lipinski definition) is 3. The Morgan fingerprint density at radius 2 is 2.14 bits per heavy atom. The van der Waals surface area contributed by atoms with E-state index in [0.717, 1.165) is 0 Å². The Morgan fingerprint density at radius 3 is 2.73 bits per heavy atom. The Kier molecular flexibility index (Phi) is 6.07. The maximum atomic E-state index is 12.0. The number of nitrogens with two attached hydrogens (primary N) is 1. The maximum absolute atomic E-state index is 12.0. The molecule has 2 aromatic rings. The lowest BCUT2D eigenvalue weighted by Gasteiger charge is -2.09. The van der Waals surface area contributed by atoms with E-state index >= 15 is 0 Å². The van der Waals surface area contributed by atoms with Gasteiger partial charge in [-0.25, -0.2) is 17.6 Å². The maximum Gasteiger partial charge on any atom is 0.243 e. The molecule has 0 unspecified atom stereocenters. The summed E-state index contributed by atoms with van der Waals surface area (Å²) in [5.74, 6) is -0.213. The normalized spacial score (nSPS) is 11.0. The van der Waals surface area contributed by atoms with Crippen LogP contribution in [0.2, 0.25) is 0 Å². The number of rotatable bonds is 6. The fourth-order valence-electron chi connectivity index (χ4n) is 1.92. The first-order chi connectivity index (χ1) is 9.85. The Morgan fingerprint density at radius 1 is 1.41 bits per heavy atom. The van der Waals surface area contributed by atoms with Crippen LogP contribution in [0, 0.1) is 0 Å². The van der Waals surface area contributed by atoms with Crippen LogP contribution in [0.15, 0.2) is 36.9 Å². The smallest absolute Gasteiger partial charge is 0.243 e. The van der Waals surface area contributed by atoms with Crippen LogP contribution in [0.1, 0.15) is 6.42 Å². The van der Waals surface area contributed by atoms with Crippen LogP contribution in [-0.2, 0) is 23.6 Å². The highest BCUT2D eigenvalue weighted by molar-refractivity contribution is 7.92. The molecule has 4 N–H and O–H groups in total. The molecule has 0 saturated carbocycles. The molecular formula is C13H19ClN4O3S. The molecule has 0 aliphatic carbocycles. The monoisotopic (exact) mass is 346 g/mol. The minimum absolute atomic E-state index is 0. The second kappa shape index (κ2) is 7.37. The lowest BCUT2D eigenvalue weighted by Crippen LogP contribution is -3.00. The van der Waals surface area contributed by atoms with E-state index in [2.05, 4.69) is 4.72 Å². The molecule has 0 bridgehead atoms. The van der Waals surface area contributed by atoms with E-state index in [0.29, 0.717) is 18.7 Å². The molecule has 1 aromatic carbocycles. The predicted octanol–water partition coefficient (Wildman–Crippen LogP) is -2.56. The Labute approximate surface area is 135 Å². The third kappa shape index (κ3) is 5.12. The van der Waals surface area contributed by atoms with E-state index < -0.39 is 10.0 Å². The van der Waals surface area contributed by atoms with E-state index in [1.165, 1.54) is 18.2 Å². The molecule has 2 rings (SSSR count). The van der Waals surface area contributed by atoms with Crippen molar-refractivity contribution < 1.29 is 30.5 Å². The van der Waals surface area contributed by atoms with Crippen LogP contribution < -0.4 is 27.4 Å². The first-order valence-corrected chi connectivity index (χ1v) is 8.11. The number of nitrogens with zero attached hydrogens (tertiary/aromatic N) is 2. The van der Waals surface area contributed by atoms with E-state index in [-0.39, 0.29) is 29.6 Å². The van der Waals surface area contributed by atoms with Gasteiger partial charge in [-0.3, -0.25) is 4.72 Å². The summed E-state index contributed by atoms with van der Waals surface area (Å²) in [6.07, 6.45) is 6.12. The molecule has 0 spiro atoms. The van der Waals surface area contributed by atoms with Crippen LogP contribution in [0.4, 0.5) is 11.4 Å². The fraction of sp³-hybridized carbons (Fsp3) is 0.308. The number of phenols is 1. The number of sulfonamides is 1. The minimum Gasteiger partial charge on any atom is -1.00 e. The van der Waals surface area contributed by atoms with Crippen molar-refractivity contribution in [1.29, 1.82) is 0 Å². The van der Waals surface area contributed by atoms with Crippen LogP contribution in [-0.4, -0.2) is 23.8 Å². The highest BCUT2D eigenvalue weighted by atomic mass is 35.5. The molecule has 22 heavy (non-hydrogen) atoms. The van der Waals surface area contributed by atoms with E-state index in [9.17, 15) is 13.5 Å². The SMILES string of the molecule is C[n+]1ccn(CCCS(=O)(=O)Nc2ccc(N)cc2O)c1.[Cl-]. The summed E-state index contributed by atoms with van der Waals surface area (Å²) in [6, 6.07) is 4.27. The number of imidazole rings is 1. The van der Waals surface area contributed by atoms with Gasteiger partial charge in [0.15, 0.2) is 0 Å². The van der Waals surface area contributed by atoms with Crippen molar-refractivity contribution in [1.82, 2.24) is 4.57 Å². The van der Waals surface area contributed by atoms with Gasteiger partial charge in [0.25, 0.3) is 0 Å². The van der Waals surface area contributed by atoms with Crippen molar-refractivity contribution in [2.24, 2.45) is 7.05 Å². The zero-order valence-corrected chi connectivity index (χ0v) is 13.7. The number of aryl methyl sites for hydroxylation is 2. The van der Waals surface area contributed by atoms with Gasteiger partial charge < -0.3 is 23.2 Å². The largest absolute Gasteiger partial charge is 1.00 e. The molecule has 1 heterocycles. The van der Waals surface area contributed by atoms with Crippen molar-refractivity contribution >= 4 is 21.4 Å². The van der Waals surface area contributed by atoms with E-state index in [4.69, 9.17) is 5.73 Å². The van der Waals surface area contributed by atoms with Crippen LogP contribution in [0.3, 0.4) is 0 Å². The van der Waals surface area contributed by atoms with Crippen LogP contribution >= 0.6 is 0 Å². The Hall–Kier alpha value is -1.93. The van der Waals surface area contributed by atoms with Crippen LogP contribution in [0.5, 0.6) is 5.75 Å². The summed E-state index contributed by atoms with van der Waals surface area (Å²) in [5, 5.41) is 9.65. The summed E-state index contributed by atoms with van der Waals surface area (Å²) < 4.78 is 30.1. The van der Waals surface area contributed by atoms with Gasteiger partial charge in [-0.1, -0.05) is 0 Å². The second-order valence-corrected chi connectivity index (χ2v) is 6.71. The predicted molar refractivity (Wildman–Crippen MR) is 80.2 cm³/mol. The second-order valence-electron chi connectivity index (χ2n) is 4.87. The summed E-state index contributed by atoms with van der Waals surface area (Å²) in [4.78, 5) is 0. The number of nitrogen functional groups attached to an aromatic ring is 1. The van der Waals surface area contributed by atoms with Gasteiger partial charge in [0.05, 0.1) is 25.0 Å². The molecule has 7 nitrogen and oxygen atoms in total. The van der Waals surface area contributed by atoms with Crippen molar-refractivity contribution in [3.05, 3.63) is 36.9 Å². The van der Waals surface area contributed by atoms with Gasteiger partial charge in [-0.05, 0) is 12.1 Å². The van der Waals surface area contributed by atoms with Gasteiger partial charge in [0, 0.05) is 18.2 Å². The lowest BCUT2D eigenvalue weighted by molar-refractivity contribution is -0.671. The highest BCUT2D eigenvalue weighted by Gasteiger charge is 2.13. The first-order valence-electron chi connectivity index (χ1n) is 6.46. The molecule has 122 valence electrons.